The monoisotopic (exact) mass is 366 g/mol. The predicted molar refractivity (Wildman–Crippen MR) is 105 cm³/mol. The van der Waals surface area contributed by atoms with Crippen LogP contribution in [0.5, 0.6) is 0 Å². The Morgan fingerprint density at radius 3 is 2.50 bits per heavy atom. The molecule has 0 bridgehead atoms. The lowest BCUT2D eigenvalue weighted by Gasteiger charge is -2.06. The first kappa shape index (κ1) is 17.9. The molecule has 0 aliphatic heterocycles. The van der Waals surface area contributed by atoms with Gasteiger partial charge in [-0.1, -0.05) is 12.2 Å². The van der Waals surface area contributed by atoms with Gasteiger partial charge < -0.3 is 0 Å². The number of pyridine rings is 1. The van der Waals surface area contributed by atoms with E-state index in [0.717, 1.165) is 32.9 Å². The number of hydrogen-bond acceptors (Lipinski definition) is 4. The van der Waals surface area contributed by atoms with Crippen LogP contribution in [-0.4, -0.2) is 21.9 Å². The van der Waals surface area contributed by atoms with Gasteiger partial charge >= 0.3 is 0 Å². The van der Waals surface area contributed by atoms with Gasteiger partial charge in [-0.15, -0.1) is 11.3 Å². The molecule has 132 valence electrons. The SMILES string of the molecule is C=C(C)CN=c1scc(-c2ccc(F)cc2)n1N=C(C)c1ccncc1. The molecule has 0 atom stereocenters. The third-order valence-electron chi connectivity index (χ3n) is 3.66. The van der Waals surface area contributed by atoms with Crippen LogP contribution >= 0.6 is 11.3 Å². The molecule has 0 amide bonds. The highest BCUT2D eigenvalue weighted by Crippen LogP contribution is 2.21. The highest BCUT2D eigenvalue weighted by atomic mass is 32.1. The molecule has 0 radical (unpaired) electrons. The number of nitrogens with zero attached hydrogens (tertiary/aromatic N) is 4. The van der Waals surface area contributed by atoms with E-state index in [1.807, 2.05) is 31.4 Å². The Morgan fingerprint density at radius 2 is 1.85 bits per heavy atom. The van der Waals surface area contributed by atoms with E-state index in [2.05, 4.69) is 16.6 Å². The summed E-state index contributed by atoms with van der Waals surface area (Å²) >= 11 is 1.50. The number of rotatable bonds is 5. The zero-order valence-electron chi connectivity index (χ0n) is 14.7. The van der Waals surface area contributed by atoms with Crippen LogP contribution in [0, 0.1) is 5.82 Å². The maximum Gasteiger partial charge on any atom is 0.206 e. The molecule has 3 rings (SSSR count). The molecular weight excluding hydrogens is 347 g/mol. The predicted octanol–water partition coefficient (Wildman–Crippen LogP) is 4.50. The van der Waals surface area contributed by atoms with Crippen LogP contribution in [0.4, 0.5) is 4.39 Å². The van der Waals surface area contributed by atoms with Crippen molar-refractivity contribution in [1.29, 1.82) is 0 Å². The highest BCUT2D eigenvalue weighted by Gasteiger charge is 2.09. The van der Waals surface area contributed by atoms with Gasteiger partial charge in [0.15, 0.2) is 0 Å². The molecule has 0 N–H and O–H groups in total. The van der Waals surface area contributed by atoms with Crippen LogP contribution < -0.4 is 4.80 Å². The van der Waals surface area contributed by atoms with E-state index in [1.165, 1.54) is 23.5 Å². The number of thiazole rings is 1. The summed E-state index contributed by atoms with van der Waals surface area (Å²) in [6.07, 6.45) is 3.47. The molecule has 3 aromatic rings. The minimum Gasteiger partial charge on any atom is -0.265 e. The summed E-state index contributed by atoms with van der Waals surface area (Å²) in [6.45, 7) is 8.31. The zero-order valence-corrected chi connectivity index (χ0v) is 15.5. The van der Waals surface area contributed by atoms with Gasteiger partial charge in [-0.25, -0.2) is 9.07 Å². The van der Waals surface area contributed by atoms with E-state index in [9.17, 15) is 4.39 Å². The maximum absolute atomic E-state index is 13.3. The van der Waals surface area contributed by atoms with Gasteiger partial charge in [-0.2, -0.15) is 5.10 Å². The van der Waals surface area contributed by atoms with Crippen molar-refractivity contribution in [3.8, 4) is 11.3 Å². The van der Waals surface area contributed by atoms with E-state index in [-0.39, 0.29) is 5.82 Å². The van der Waals surface area contributed by atoms with E-state index in [4.69, 9.17) is 5.10 Å². The first-order chi connectivity index (χ1) is 12.5. The molecule has 0 fully saturated rings. The van der Waals surface area contributed by atoms with Crippen LogP contribution in [0.1, 0.15) is 19.4 Å². The van der Waals surface area contributed by atoms with Gasteiger partial charge in [0.25, 0.3) is 0 Å². The molecule has 1 aromatic carbocycles. The fraction of sp³-hybridized carbons (Fsp3) is 0.150. The van der Waals surface area contributed by atoms with Gasteiger partial charge in [-0.05, 0) is 50.2 Å². The van der Waals surface area contributed by atoms with E-state index >= 15 is 0 Å². The summed E-state index contributed by atoms with van der Waals surface area (Å²) in [7, 11) is 0. The van der Waals surface area contributed by atoms with Crippen LogP contribution in [0.25, 0.3) is 11.3 Å². The Morgan fingerprint density at radius 1 is 1.15 bits per heavy atom. The molecule has 0 unspecified atom stereocenters. The molecule has 2 heterocycles. The quantitative estimate of drug-likeness (QED) is 0.484. The molecule has 26 heavy (non-hydrogen) atoms. The molecule has 2 aromatic heterocycles. The van der Waals surface area contributed by atoms with Crippen molar-refractivity contribution in [1.82, 2.24) is 9.66 Å². The molecule has 0 aliphatic rings. The number of aromatic nitrogens is 2. The Hall–Kier alpha value is -2.86. The Kier molecular flexibility index (Phi) is 5.53. The first-order valence-electron chi connectivity index (χ1n) is 8.12. The largest absolute Gasteiger partial charge is 0.265 e. The average Bonchev–Trinajstić information content (AvgIpc) is 3.04. The lowest BCUT2D eigenvalue weighted by molar-refractivity contribution is 0.628. The van der Waals surface area contributed by atoms with Gasteiger partial charge in [0.2, 0.25) is 4.80 Å². The van der Waals surface area contributed by atoms with Crippen molar-refractivity contribution in [2.24, 2.45) is 10.1 Å². The summed E-state index contributed by atoms with van der Waals surface area (Å²) in [5.41, 5.74) is 4.54. The summed E-state index contributed by atoms with van der Waals surface area (Å²) in [6, 6.07) is 10.2. The second kappa shape index (κ2) is 8.01. The molecule has 0 saturated carbocycles. The van der Waals surface area contributed by atoms with Crippen LogP contribution in [0.2, 0.25) is 0 Å². The smallest absolute Gasteiger partial charge is 0.206 e. The highest BCUT2D eigenvalue weighted by molar-refractivity contribution is 7.07. The molecular formula is C20H19FN4S. The average molecular weight is 366 g/mol. The number of hydrogen-bond donors (Lipinski definition) is 0. The summed E-state index contributed by atoms with van der Waals surface area (Å²) in [4.78, 5) is 9.41. The standard InChI is InChI=1S/C20H19FN4S/c1-14(2)12-23-20-25(24-15(3)16-8-10-22-11-9-16)19(13-26-20)17-4-6-18(21)7-5-17/h4-11,13H,1,12H2,2-3H3. The normalized spacial score (nSPS) is 12.4. The van der Waals surface area contributed by atoms with Crippen molar-refractivity contribution in [3.05, 3.63) is 82.5 Å². The fourth-order valence-corrected chi connectivity index (χ4v) is 3.16. The summed E-state index contributed by atoms with van der Waals surface area (Å²) in [5.74, 6) is -0.265. The van der Waals surface area contributed by atoms with E-state index < -0.39 is 0 Å². The lowest BCUT2D eigenvalue weighted by Crippen LogP contribution is -2.15. The third kappa shape index (κ3) is 4.21. The summed E-state index contributed by atoms with van der Waals surface area (Å²) < 4.78 is 15.1. The van der Waals surface area contributed by atoms with Gasteiger partial charge in [0, 0.05) is 28.9 Å². The van der Waals surface area contributed by atoms with E-state index in [0.29, 0.717) is 6.54 Å². The van der Waals surface area contributed by atoms with Crippen molar-refractivity contribution in [2.45, 2.75) is 13.8 Å². The van der Waals surface area contributed by atoms with Crippen LogP contribution in [0.15, 0.2) is 76.4 Å². The minimum atomic E-state index is -0.265. The third-order valence-corrected chi connectivity index (χ3v) is 4.51. The van der Waals surface area contributed by atoms with Gasteiger partial charge in [-0.3, -0.25) is 9.98 Å². The molecule has 0 aliphatic carbocycles. The molecule has 0 spiro atoms. The second-order valence-electron chi connectivity index (χ2n) is 5.92. The molecule has 4 nitrogen and oxygen atoms in total. The fourth-order valence-electron chi connectivity index (χ4n) is 2.33. The Bertz CT molecular complexity index is 998. The Labute approximate surface area is 155 Å². The second-order valence-corrected chi connectivity index (χ2v) is 6.75. The van der Waals surface area contributed by atoms with Crippen LogP contribution in [-0.2, 0) is 0 Å². The topological polar surface area (TPSA) is 42.5 Å². The van der Waals surface area contributed by atoms with E-state index in [1.54, 1.807) is 29.2 Å². The first-order valence-corrected chi connectivity index (χ1v) is 9.00. The molecule has 0 saturated heterocycles. The van der Waals surface area contributed by atoms with Gasteiger partial charge in [0.1, 0.15) is 5.82 Å². The number of benzene rings is 1. The maximum atomic E-state index is 13.3. The van der Waals surface area contributed by atoms with Gasteiger partial charge in [0.05, 0.1) is 18.0 Å². The number of halogens is 1. The van der Waals surface area contributed by atoms with Crippen molar-refractivity contribution < 1.29 is 4.39 Å². The minimum absolute atomic E-state index is 0.265. The summed E-state index contributed by atoms with van der Waals surface area (Å²) in [5, 5.41) is 6.74. The molecule has 6 heteroatoms. The van der Waals surface area contributed by atoms with Crippen molar-refractivity contribution in [3.63, 3.8) is 0 Å². The van der Waals surface area contributed by atoms with Crippen LogP contribution in [0.3, 0.4) is 0 Å². The Balaban J connectivity index is 2.13. The van der Waals surface area contributed by atoms with Crippen molar-refractivity contribution >= 4 is 17.0 Å². The lowest BCUT2D eigenvalue weighted by atomic mass is 10.2. The zero-order chi connectivity index (χ0) is 18.5. The van der Waals surface area contributed by atoms with Crippen molar-refractivity contribution in [2.75, 3.05) is 6.54 Å².